The number of rotatable bonds is 6. The number of fused-ring (bicyclic) bond motifs is 1. The zero-order chi connectivity index (χ0) is 16.9. The van der Waals surface area contributed by atoms with Gasteiger partial charge in [0.1, 0.15) is 5.75 Å². The zero-order valence-corrected chi connectivity index (χ0v) is 14.3. The van der Waals surface area contributed by atoms with Gasteiger partial charge in [0.15, 0.2) is 0 Å². The molecule has 3 nitrogen and oxygen atoms in total. The lowest BCUT2D eigenvalue weighted by Crippen LogP contribution is -2.25. The third-order valence-electron chi connectivity index (χ3n) is 4.39. The standard InChI is InChI=1S/C21H23NO2/c1-3-4-5-12-18-17-11-7-8-13-19(17)22(21(18)23)15-16-10-6-9-14-20(16)24-2/h6-14H,3-5,15H2,1-2H3/b18-12+. The van der Waals surface area contributed by atoms with Crippen LogP contribution in [0.25, 0.3) is 5.57 Å². The maximum absolute atomic E-state index is 13.0. The number of nitrogens with zero attached hydrogens (tertiary/aromatic N) is 1. The Bertz CT molecular complexity index is 764. The fourth-order valence-electron chi connectivity index (χ4n) is 3.12. The van der Waals surface area contributed by atoms with Gasteiger partial charge in [-0.15, -0.1) is 0 Å². The topological polar surface area (TPSA) is 29.5 Å². The predicted octanol–water partition coefficient (Wildman–Crippen LogP) is 4.82. The van der Waals surface area contributed by atoms with Crippen molar-refractivity contribution in [3.05, 3.63) is 65.7 Å². The number of allylic oxidation sites excluding steroid dienone is 1. The molecule has 0 radical (unpaired) electrons. The number of anilines is 1. The highest BCUT2D eigenvalue weighted by atomic mass is 16.5. The molecule has 3 rings (SSSR count). The second-order valence-electron chi connectivity index (χ2n) is 5.98. The number of carbonyl (C=O) groups is 1. The van der Waals surface area contributed by atoms with E-state index in [9.17, 15) is 4.79 Å². The van der Waals surface area contributed by atoms with Crippen molar-refractivity contribution in [2.75, 3.05) is 12.0 Å². The minimum absolute atomic E-state index is 0.0817. The summed E-state index contributed by atoms with van der Waals surface area (Å²) >= 11 is 0. The van der Waals surface area contributed by atoms with Crippen molar-refractivity contribution in [3.63, 3.8) is 0 Å². The lowest BCUT2D eigenvalue weighted by atomic mass is 10.1. The number of methoxy groups -OCH3 is 1. The van der Waals surface area contributed by atoms with E-state index >= 15 is 0 Å². The molecule has 0 saturated heterocycles. The molecular weight excluding hydrogens is 298 g/mol. The molecule has 0 atom stereocenters. The number of hydrogen-bond acceptors (Lipinski definition) is 2. The molecule has 3 heteroatoms. The minimum Gasteiger partial charge on any atom is -0.496 e. The van der Waals surface area contributed by atoms with Gasteiger partial charge in [0.2, 0.25) is 0 Å². The van der Waals surface area contributed by atoms with Crippen molar-refractivity contribution in [1.29, 1.82) is 0 Å². The SMILES string of the molecule is CCCC/C=C1/C(=O)N(Cc2ccccc2OC)c2ccccc21. The van der Waals surface area contributed by atoms with Gasteiger partial charge in [-0.25, -0.2) is 0 Å². The highest BCUT2D eigenvalue weighted by Crippen LogP contribution is 2.38. The molecular formula is C21H23NO2. The summed E-state index contributed by atoms with van der Waals surface area (Å²) in [5, 5.41) is 0. The first-order valence-electron chi connectivity index (χ1n) is 8.49. The average Bonchev–Trinajstić information content (AvgIpc) is 2.88. The quantitative estimate of drug-likeness (QED) is 0.564. The van der Waals surface area contributed by atoms with Crippen molar-refractivity contribution < 1.29 is 9.53 Å². The van der Waals surface area contributed by atoms with Gasteiger partial charge < -0.3 is 9.64 Å². The van der Waals surface area contributed by atoms with E-state index in [1.807, 2.05) is 53.4 Å². The van der Waals surface area contributed by atoms with Crippen molar-refractivity contribution >= 4 is 17.2 Å². The molecule has 0 unspecified atom stereocenters. The Kier molecular flexibility index (Phi) is 4.99. The summed E-state index contributed by atoms with van der Waals surface area (Å²) in [4.78, 5) is 14.8. The van der Waals surface area contributed by atoms with Crippen LogP contribution in [0.4, 0.5) is 5.69 Å². The van der Waals surface area contributed by atoms with Gasteiger partial charge in [0, 0.05) is 16.7 Å². The largest absolute Gasteiger partial charge is 0.496 e. The Morgan fingerprint density at radius 2 is 1.83 bits per heavy atom. The summed E-state index contributed by atoms with van der Waals surface area (Å²) in [6, 6.07) is 15.9. The molecule has 0 aliphatic carbocycles. The van der Waals surface area contributed by atoms with E-state index in [0.29, 0.717) is 6.54 Å². The number of para-hydroxylation sites is 2. The maximum Gasteiger partial charge on any atom is 0.258 e. The lowest BCUT2D eigenvalue weighted by Gasteiger charge is -2.18. The summed E-state index contributed by atoms with van der Waals surface area (Å²) in [5.74, 6) is 0.893. The summed E-state index contributed by atoms with van der Waals surface area (Å²) in [6.45, 7) is 2.68. The number of ether oxygens (including phenoxy) is 1. The van der Waals surface area contributed by atoms with Crippen LogP contribution in [-0.4, -0.2) is 13.0 Å². The fourth-order valence-corrected chi connectivity index (χ4v) is 3.12. The van der Waals surface area contributed by atoms with E-state index in [1.165, 1.54) is 0 Å². The first-order chi connectivity index (χ1) is 11.8. The smallest absolute Gasteiger partial charge is 0.258 e. The van der Waals surface area contributed by atoms with E-state index in [0.717, 1.165) is 47.4 Å². The monoisotopic (exact) mass is 321 g/mol. The average molecular weight is 321 g/mol. The van der Waals surface area contributed by atoms with Crippen molar-refractivity contribution in [2.45, 2.75) is 32.7 Å². The molecule has 1 heterocycles. The first kappa shape index (κ1) is 16.3. The molecule has 1 aliphatic heterocycles. The summed E-state index contributed by atoms with van der Waals surface area (Å²) in [7, 11) is 1.66. The molecule has 0 N–H and O–H groups in total. The van der Waals surface area contributed by atoms with Gasteiger partial charge in [0.25, 0.3) is 5.91 Å². The Balaban J connectivity index is 1.94. The fraction of sp³-hybridized carbons (Fsp3) is 0.286. The number of carbonyl (C=O) groups excluding carboxylic acids is 1. The van der Waals surface area contributed by atoms with Gasteiger partial charge in [-0.1, -0.05) is 62.2 Å². The normalized spacial score (nSPS) is 15.0. The Labute approximate surface area is 143 Å². The molecule has 0 aromatic heterocycles. The van der Waals surface area contributed by atoms with Gasteiger partial charge in [0.05, 0.1) is 19.3 Å². The third kappa shape index (κ3) is 3.07. The van der Waals surface area contributed by atoms with Crippen LogP contribution in [0.2, 0.25) is 0 Å². The number of hydrogen-bond donors (Lipinski definition) is 0. The van der Waals surface area contributed by atoms with Crippen LogP contribution in [0, 0.1) is 0 Å². The highest BCUT2D eigenvalue weighted by molar-refractivity contribution is 6.32. The molecule has 0 spiro atoms. The van der Waals surface area contributed by atoms with E-state index in [-0.39, 0.29) is 5.91 Å². The molecule has 0 saturated carbocycles. The second-order valence-corrected chi connectivity index (χ2v) is 5.98. The van der Waals surface area contributed by atoms with Crippen LogP contribution in [0.1, 0.15) is 37.3 Å². The summed E-state index contributed by atoms with van der Waals surface area (Å²) in [6.07, 6.45) is 5.26. The first-order valence-corrected chi connectivity index (χ1v) is 8.49. The molecule has 1 aliphatic rings. The Morgan fingerprint density at radius 1 is 1.08 bits per heavy atom. The summed E-state index contributed by atoms with van der Waals surface area (Å²) in [5.41, 5.74) is 3.86. The number of unbranched alkanes of at least 4 members (excludes halogenated alkanes) is 2. The van der Waals surface area contributed by atoms with E-state index in [4.69, 9.17) is 4.74 Å². The number of amides is 1. The molecule has 1 amide bonds. The van der Waals surface area contributed by atoms with Crippen LogP contribution >= 0.6 is 0 Å². The lowest BCUT2D eigenvalue weighted by molar-refractivity contribution is -0.113. The zero-order valence-electron chi connectivity index (χ0n) is 14.3. The second kappa shape index (κ2) is 7.35. The molecule has 24 heavy (non-hydrogen) atoms. The summed E-state index contributed by atoms with van der Waals surface area (Å²) < 4.78 is 5.43. The molecule has 2 aromatic carbocycles. The Hall–Kier alpha value is -2.55. The molecule has 0 bridgehead atoms. The van der Waals surface area contributed by atoms with Gasteiger partial charge in [-0.3, -0.25) is 4.79 Å². The van der Waals surface area contributed by atoms with Crippen LogP contribution in [-0.2, 0) is 11.3 Å². The molecule has 2 aromatic rings. The van der Waals surface area contributed by atoms with Crippen molar-refractivity contribution in [1.82, 2.24) is 0 Å². The highest BCUT2D eigenvalue weighted by Gasteiger charge is 2.32. The van der Waals surface area contributed by atoms with Crippen LogP contribution in [0.15, 0.2) is 54.6 Å². The van der Waals surface area contributed by atoms with Crippen LogP contribution in [0.3, 0.4) is 0 Å². The van der Waals surface area contributed by atoms with Gasteiger partial charge >= 0.3 is 0 Å². The van der Waals surface area contributed by atoms with E-state index < -0.39 is 0 Å². The predicted molar refractivity (Wildman–Crippen MR) is 98.1 cm³/mol. The van der Waals surface area contributed by atoms with Crippen LogP contribution < -0.4 is 9.64 Å². The van der Waals surface area contributed by atoms with Crippen LogP contribution in [0.5, 0.6) is 5.75 Å². The third-order valence-corrected chi connectivity index (χ3v) is 4.39. The van der Waals surface area contributed by atoms with E-state index in [1.54, 1.807) is 7.11 Å². The van der Waals surface area contributed by atoms with Crippen molar-refractivity contribution in [2.24, 2.45) is 0 Å². The molecule has 0 fully saturated rings. The Morgan fingerprint density at radius 3 is 2.62 bits per heavy atom. The van der Waals surface area contributed by atoms with Crippen molar-refractivity contribution in [3.8, 4) is 5.75 Å². The maximum atomic E-state index is 13.0. The molecule has 124 valence electrons. The number of benzene rings is 2. The minimum atomic E-state index is 0.0817. The van der Waals surface area contributed by atoms with Gasteiger partial charge in [-0.05, 0) is 18.6 Å². The van der Waals surface area contributed by atoms with Gasteiger partial charge in [-0.2, -0.15) is 0 Å². The van der Waals surface area contributed by atoms with E-state index in [2.05, 4.69) is 13.0 Å².